The van der Waals surface area contributed by atoms with E-state index in [0.29, 0.717) is 13.1 Å². The number of hydrogen-bond acceptors (Lipinski definition) is 15. The maximum atomic E-state index is 12.2. The Labute approximate surface area is 249 Å². The molecule has 43 heavy (non-hydrogen) atoms. The van der Waals surface area contributed by atoms with Crippen LogP contribution in [0.2, 0.25) is 0 Å². The number of carbonyl (C=O) groups excluding carboxylic acids is 3. The van der Waals surface area contributed by atoms with E-state index in [-0.39, 0.29) is 90.1 Å². The molecule has 0 saturated heterocycles. The van der Waals surface area contributed by atoms with Crippen LogP contribution in [0, 0.1) is 0 Å². The molecule has 0 unspecified atom stereocenters. The van der Waals surface area contributed by atoms with Gasteiger partial charge < -0.3 is 24.4 Å². The van der Waals surface area contributed by atoms with E-state index in [1.54, 1.807) is 4.90 Å². The van der Waals surface area contributed by atoms with E-state index in [1.807, 2.05) is 4.90 Å². The SMILES string of the molecule is C=C(C)C(=O)OCCOOCCN(CCOO)CCN(CCN(CC(=O)O)CC(=O)OCCOC(=O)C(=C)C)CC(=O)O. The Kier molecular flexibility index (Phi) is 22.1. The van der Waals surface area contributed by atoms with Crippen LogP contribution in [-0.2, 0) is 52.8 Å². The number of hydrogen-bond donors (Lipinski definition) is 3. The molecule has 0 fully saturated rings. The minimum Gasteiger partial charge on any atom is -0.480 e. The molecule has 0 radical (unpaired) electrons. The number of carboxylic acids is 2. The van der Waals surface area contributed by atoms with Gasteiger partial charge in [-0.1, -0.05) is 13.2 Å². The van der Waals surface area contributed by atoms with Gasteiger partial charge >= 0.3 is 29.8 Å². The highest BCUT2D eigenvalue weighted by molar-refractivity contribution is 5.87. The van der Waals surface area contributed by atoms with E-state index >= 15 is 0 Å². The molecule has 0 spiro atoms. The van der Waals surface area contributed by atoms with E-state index in [0.717, 1.165) is 0 Å². The van der Waals surface area contributed by atoms with Gasteiger partial charge in [0.05, 0.1) is 32.8 Å². The van der Waals surface area contributed by atoms with Gasteiger partial charge in [-0.25, -0.2) is 24.3 Å². The van der Waals surface area contributed by atoms with Crippen LogP contribution in [0.25, 0.3) is 0 Å². The van der Waals surface area contributed by atoms with Crippen LogP contribution < -0.4 is 0 Å². The number of ether oxygens (including phenoxy) is 3. The third-order valence-corrected chi connectivity index (χ3v) is 5.28. The molecule has 0 amide bonds. The Balaban J connectivity index is 4.81. The Morgan fingerprint density at radius 2 is 1.00 bits per heavy atom. The maximum Gasteiger partial charge on any atom is 0.333 e. The molecule has 0 bridgehead atoms. The number of aliphatic carboxylic acids is 2. The van der Waals surface area contributed by atoms with Gasteiger partial charge in [0.1, 0.15) is 26.4 Å². The zero-order valence-electron chi connectivity index (χ0n) is 24.7. The van der Waals surface area contributed by atoms with Crippen molar-refractivity contribution < 1.29 is 68.3 Å². The molecule has 0 aromatic heterocycles. The van der Waals surface area contributed by atoms with Crippen molar-refractivity contribution in [2.24, 2.45) is 0 Å². The van der Waals surface area contributed by atoms with Crippen molar-refractivity contribution in [1.29, 1.82) is 0 Å². The second-order valence-electron chi connectivity index (χ2n) is 9.15. The number of rotatable bonds is 27. The number of carbonyl (C=O) groups is 5. The summed E-state index contributed by atoms with van der Waals surface area (Å²) in [7, 11) is 0. The van der Waals surface area contributed by atoms with Crippen LogP contribution in [-0.4, -0.2) is 159 Å². The smallest absolute Gasteiger partial charge is 0.333 e. The molecule has 17 nitrogen and oxygen atoms in total. The van der Waals surface area contributed by atoms with E-state index in [4.69, 9.17) is 29.2 Å². The topological polar surface area (TPSA) is 211 Å². The first-order valence-electron chi connectivity index (χ1n) is 13.3. The summed E-state index contributed by atoms with van der Waals surface area (Å²) in [5, 5.41) is 27.3. The van der Waals surface area contributed by atoms with E-state index < -0.39 is 36.4 Å². The van der Waals surface area contributed by atoms with Gasteiger partial charge in [-0.15, -0.1) is 0 Å². The fourth-order valence-electron chi connectivity index (χ4n) is 3.15. The van der Waals surface area contributed by atoms with Gasteiger partial charge in [0, 0.05) is 50.4 Å². The van der Waals surface area contributed by atoms with Crippen molar-refractivity contribution in [3.63, 3.8) is 0 Å². The fourth-order valence-corrected chi connectivity index (χ4v) is 3.15. The molecular weight excluding hydrogens is 578 g/mol. The first-order valence-corrected chi connectivity index (χ1v) is 13.3. The monoisotopic (exact) mass is 621 g/mol. The lowest BCUT2D eigenvalue weighted by Crippen LogP contribution is -2.45. The molecule has 0 atom stereocenters. The summed E-state index contributed by atoms with van der Waals surface area (Å²) in [5.41, 5.74) is 0.445. The van der Waals surface area contributed by atoms with Crippen LogP contribution >= 0.6 is 0 Å². The van der Waals surface area contributed by atoms with Crippen LogP contribution in [0.3, 0.4) is 0 Å². The highest BCUT2D eigenvalue weighted by Crippen LogP contribution is 1.99. The van der Waals surface area contributed by atoms with Gasteiger partial charge in [-0.2, -0.15) is 0 Å². The van der Waals surface area contributed by atoms with Gasteiger partial charge in [0.15, 0.2) is 0 Å². The lowest BCUT2D eigenvalue weighted by atomic mass is 10.3. The summed E-state index contributed by atoms with van der Waals surface area (Å²) in [4.78, 5) is 76.4. The fraction of sp³-hybridized carbons (Fsp3) is 0.654. The van der Waals surface area contributed by atoms with Crippen molar-refractivity contribution in [2.45, 2.75) is 13.8 Å². The maximum absolute atomic E-state index is 12.2. The standard InChI is InChI=1S/C26H43N3O14/c1-20(2)25(35)39-14-13-38-24(34)19-29(18-23(32)33)8-7-28(17-22(30)31)6-5-27(9-11-41-37)10-12-42-43-16-15-40-26(36)21(3)4/h37H,1,3,5-19H2,2,4H3,(H,30,31)(H,32,33). The molecule has 3 N–H and O–H groups in total. The van der Waals surface area contributed by atoms with Gasteiger partial charge in [0.25, 0.3) is 0 Å². The molecule has 0 aromatic carbocycles. The minimum atomic E-state index is -1.20. The summed E-state index contributed by atoms with van der Waals surface area (Å²) >= 11 is 0. The number of esters is 3. The minimum absolute atomic E-state index is 0.00595. The number of nitrogens with zero attached hydrogens (tertiary/aromatic N) is 3. The first kappa shape index (κ1) is 39.5. The predicted molar refractivity (Wildman–Crippen MR) is 148 cm³/mol. The molecule has 0 aliphatic carbocycles. The average Bonchev–Trinajstić information content (AvgIpc) is 2.92. The van der Waals surface area contributed by atoms with E-state index in [1.165, 1.54) is 18.7 Å². The van der Waals surface area contributed by atoms with Gasteiger partial charge in [-0.3, -0.25) is 34.3 Å². The zero-order valence-corrected chi connectivity index (χ0v) is 24.7. The Morgan fingerprint density at radius 3 is 1.53 bits per heavy atom. The summed E-state index contributed by atoms with van der Waals surface area (Å²) in [6.07, 6.45) is 0. The van der Waals surface area contributed by atoms with Crippen molar-refractivity contribution in [1.82, 2.24) is 14.7 Å². The number of carboxylic acid groups (broad SMARTS) is 2. The third-order valence-electron chi connectivity index (χ3n) is 5.28. The molecule has 0 aliphatic rings. The Hall–Kier alpha value is -3.45. The Morgan fingerprint density at radius 1 is 0.558 bits per heavy atom. The zero-order chi connectivity index (χ0) is 32.6. The molecule has 0 aromatic rings. The lowest BCUT2D eigenvalue weighted by molar-refractivity contribution is -0.299. The molecule has 0 rings (SSSR count). The molecule has 246 valence electrons. The summed E-state index contributed by atoms with van der Waals surface area (Å²) in [5.74, 6) is -4.23. The van der Waals surface area contributed by atoms with Gasteiger partial charge in [-0.05, 0) is 13.8 Å². The summed E-state index contributed by atoms with van der Waals surface area (Å²) in [6, 6.07) is 0. The van der Waals surface area contributed by atoms with Crippen LogP contribution in [0.5, 0.6) is 0 Å². The summed E-state index contributed by atoms with van der Waals surface area (Å²) in [6.45, 7) is 9.53. The highest BCUT2D eigenvalue weighted by Gasteiger charge is 2.19. The lowest BCUT2D eigenvalue weighted by Gasteiger charge is -2.28. The molecule has 0 aliphatic heterocycles. The van der Waals surface area contributed by atoms with Crippen LogP contribution in [0.15, 0.2) is 24.3 Å². The molecule has 0 saturated carbocycles. The summed E-state index contributed by atoms with van der Waals surface area (Å²) < 4.78 is 14.7. The normalized spacial score (nSPS) is 11.0. The highest BCUT2D eigenvalue weighted by atomic mass is 17.2. The van der Waals surface area contributed by atoms with Crippen molar-refractivity contribution >= 4 is 29.8 Å². The molecule has 0 heterocycles. The third kappa shape index (κ3) is 22.8. The molecule has 17 heteroatoms. The van der Waals surface area contributed by atoms with Crippen molar-refractivity contribution in [3.05, 3.63) is 24.3 Å². The second-order valence-corrected chi connectivity index (χ2v) is 9.15. The molecular formula is C26H43N3O14. The Bertz CT molecular complexity index is 914. The first-order chi connectivity index (χ1) is 20.3. The second kappa shape index (κ2) is 24.0. The predicted octanol–water partition coefficient (Wildman–Crippen LogP) is -0.719. The average molecular weight is 622 g/mol. The largest absolute Gasteiger partial charge is 0.480 e. The van der Waals surface area contributed by atoms with Crippen LogP contribution in [0.4, 0.5) is 0 Å². The van der Waals surface area contributed by atoms with E-state index in [9.17, 15) is 34.2 Å². The van der Waals surface area contributed by atoms with Crippen molar-refractivity contribution in [2.75, 3.05) is 98.5 Å². The van der Waals surface area contributed by atoms with Crippen LogP contribution in [0.1, 0.15) is 13.8 Å². The van der Waals surface area contributed by atoms with Crippen molar-refractivity contribution in [3.8, 4) is 0 Å². The quantitative estimate of drug-likeness (QED) is 0.0258. The van der Waals surface area contributed by atoms with E-state index in [2.05, 4.69) is 18.0 Å². The van der Waals surface area contributed by atoms with Gasteiger partial charge in [0.2, 0.25) is 0 Å².